The number of nitrogens with one attached hydrogen (secondary N) is 1. The van der Waals surface area contributed by atoms with Crippen molar-refractivity contribution in [2.24, 2.45) is 5.92 Å². The van der Waals surface area contributed by atoms with Crippen LogP contribution in [0.15, 0.2) is 42.5 Å². The molecule has 0 unspecified atom stereocenters. The van der Waals surface area contributed by atoms with Crippen LogP contribution >= 0.6 is 0 Å². The molecule has 4 rings (SSSR count). The van der Waals surface area contributed by atoms with Gasteiger partial charge in [-0.15, -0.1) is 0 Å². The first-order chi connectivity index (χ1) is 15.6. The number of hydrogen-bond donors (Lipinski definition) is 1. The zero-order chi connectivity index (χ0) is 22.3. The van der Waals surface area contributed by atoms with Gasteiger partial charge in [-0.25, -0.2) is 0 Å². The van der Waals surface area contributed by atoms with Crippen molar-refractivity contribution in [3.05, 3.63) is 65.0 Å². The summed E-state index contributed by atoms with van der Waals surface area (Å²) in [6.07, 6.45) is 8.08. The lowest BCUT2D eigenvalue weighted by atomic mass is 9.89. The van der Waals surface area contributed by atoms with Crippen molar-refractivity contribution in [2.75, 3.05) is 19.6 Å². The van der Waals surface area contributed by atoms with Gasteiger partial charge in [0.25, 0.3) is 5.91 Å². The minimum absolute atomic E-state index is 0.0370. The molecule has 1 aromatic carbocycles. The van der Waals surface area contributed by atoms with Crippen LogP contribution in [0.4, 0.5) is 0 Å². The second-order valence-corrected chi connectivity index (χ2v) is 9.31. The SMILES string of the molecule is Cc1ccc(C(=O)NCCCc2ccccc2)c(C2CCN(C(=O)C3CCCC3)CC2)n1. The molecule has 5 nitrogen and oxygen atoms in total. The Morgan fingerprint density at radius 2 is 1.72 bits per heavy atom. The van der Waals surface area contributed by atoms with Crippen LogP contribution in [0.25, 0.3) is 0 Å². The van der Waals surface area contributed by atoms with Crippen LogP contribution in [0, 0.1) is 12.8 Å². The van der Waals surface area contributed by atoms with Gasteiger partial charge < -0.3 is 10.2 Å². The minimum atomic E-state index is -0.0370. The molecule has 1 saturated heterocycles. The van der Waals surface area contributed by atoms with Crippen molar-refractivity contribution in [2.45, 2.75) is 64.2 Å². The van der Waals surface area contributed by atoms with Crippen molar-refractivity contribution < 1.29 is 9.59 Å². The average molecular weight is 434 g/mol. The molecule has 1 saturated carbocycles. The van der Waals surface area contributed by atoms with Gasteiger partial charge in [0.05, 0.1) is 11.3 Å². The summed E-state index contributed by atoms with van der Waals surface area (Å²) in [4.78, 5) is 32.6. The molecule has 170 valence electrons. The predicted molar refractivity (Wildman–Crippen MR) is 127 cm³/mol. The van der Waals surface area contributed by atoms with Gasteiger partial charge in [0.15, 0.2) is 0 Å². The quantitative estimate of drug-likeness (QED) is 0.647. The van der Waals surface area contributed by atoms with E-state index in [-0.39, 0.29) is 17.7 Å². The highest BCUT2D eigenvalue weighted by atomic mass is 16.2. The third-order valence-corrected chi connectivity index (χ3v) is 6.98. The van der Waals surface area contributed by atoms with E-state index in [4.69, 9.17) is 4.98 Å². The van der Waals surface area contributed by atoms with E-state index in [0.29, 0.717) is 18.0 Å². The molecule has 32 heavy (non-hydrogen) atoms. The smallest absolute Gasteiger partial charge is 0.253 e. The van der Waals surface area contributed by atoms with Crippen LogP contribution < -0.4 is 5.32 Å². The normalized spacial score (nSPS) is 17.5. The molecule has 5 heteroatoms. The number of likely N-dealkylation sites (tertiary alicyclic amines) is 1. The first-order valence-corrected chi connectivity index (χ1v) is 12.2. The Balaban J connectivity index is 1.33. The number of piperidine rings is 1. The number of hydrogen-bond acceptors (Lipinski definition) is 3. The molecule has 1 aliphatic heterocycles. The Bertz CT molecular complexity index is 914. The summed E-state index contributed by atoms with van der Waals surface area (Å²) in [5.41, 5.74) is 3.82. The summed E-state index contributed by atoms with van der Waals surface area (Å²) in [5, 5.41) is 3.09. The first kappa shape index (κ1) is 22.5. The molecule has 1 aliphatic carbocycles. The van der Waals surface area contributed by atoms with E-state index in [1.165, 1.54) is 18.4 Å². The van der Waals surface area contributed by atoms with Gasteiger partial charge in [0.1, 0.15) is 0 Å². The highest BCUT2D eigenvalue weighted by molar-refractivity contribution is 5.95. The molecule has 0 spiro atoms. The van der Waals surface area contributed by atoms with Gasteiger partial charge in [-0.3, -0.25) is 14.6 Å². The molecule has 2 aliphatic rings. The summed E-state index contributed by atoms with van der Waals surface area (Å²) in [7, 11) is 0. The van der Waals surface area contributed by atoms with Crippen LogP contribution in [0.1, 0.15) is 78.2 Å². The lowest BCUT2D eigenvalue weighted by Gasteiger charge is -2.34. The molecule has 1 aromatic heterocycles. The number of amides is 2. The summed E-state index contributed by atoms with van der Waals surface area (Å²) < 4.78 is 0. The predicted octanol–water partition coefficient (Wildman–Crippen LogP) is 4.65. The third-order valence-electron chi connectivity index (χ3n) is 6.98. The largest absolute Gasteiger partial charge is 0.352 e. The van der Waals surface area contributed by atoms with E-state index in [2.05, 4.69) is 17.4 Å². The summed E-state index contributed by atoms with van der Waals surface area (Å²) in [6, 6.07) is 14.2. The van der Waals surface area contributed by atoms with Crippen LogP contribution in [-0.2, 0) is 11.2 Å². The van der Waals surface area contributed by atoms with E-state index < -0.39 is 0 Å². The zero-order valence-corrected chi connectivity index (χ0v) is 19.2. The Morgan fingerprint density at radius 3 is 2.44 bits per heavy atom. The lowest BCUT2D eigenvalue weighted by Crippen LogP contribution is -2.41. The Labute approximate surface area is 191 Å². The van der Waals surface area contributed by atoms with E-state index in [1.807, 2.05) is 42.2 Å². The van der Waals surface area contributed by atoms with Gasteiger partial charge in [0, 0.05) is 37.2 Å². The number of pyridine rings is 1. The Kier molecular flexibility index (Phi) is 7.56. The van der Waals surface area contributed by atoms with Gasteiger partial charge in [0.2, 0.25) is 5.91 Å². The van der Waals surface area contributed by atoms with Crippen LogP contribution in [0.5, 0.6) is 0 Å². The number of benzene rings is 1. The van der Waals surface area contributed by atoms with Crippen molar-refractivity contribution >= 4 is 11.8 Å². The fraction of sp³-hybridized carbons (Fsp3) is 0.519. The monoisotopic (exact) mass is 433 g/mol. The number of carbonyl (C=O) groups excluding carboxylic acids is 2. The summed E-state index contributed by atoms with van der Waals surface area (Å²) in [5.74, 6) is 0.771. The standard InChI is InChI=1S/C27H35N3O2/c1-20-13-14-24(26(31)28-17-7-10-21-8-3-2-4-9-21)25(29-20)22-15-18-30(19-16-22)27(32)23-11-5-6-12-23/h2-4,8-9,13-14,22-23H,5-7,10-12,15-19H2,1H3,(H,28,31). The highest BCUT2D eigenvalue weighted by Gasteiger charge is 2.32. The molecule has 2 aromatic rings. The van der Waals surface area contributed by atoms with Crippen molar-refractivity contribution in [3.8, 4) is 0 Å². The van der Waals surface area contributed by atoms with Crippen LogP contribution in [-0.4, -0.2) is 41.3 Å². The molecular formula is C27H35N3O2. The van der Waals surface area contributed by atoms with Crippen LogP contribution in [0.3, 0.4) is 0 Å². The third kappa shape index (κ3) is 5.56. The van der Waals surface area contributed by atoms with Crippen molar-refractivity contribution in [1.29, 1.82) is 0 Å². The van der Waals surface area contributed by atoms with Gasteiger partial charge in [-0.1, -0.05) is 43.2 Å². The maximum atomic E-state index is 13.0. The highest BCUT2D eigenvalue weighted by Crippen LogP contribution is 2.32. The maximum Gasteiger partial charge on any atom is 0.253 e. The zero-order valence-electron chi connectivity index (χ0n) is 19.2. The van der Waals surface area contributed by atoms with Crippen molar-refractivity contribution in [1.82, 2.24) is 15.2 Å². The second kappa shape index (κ2) is 10.8. The fourth-order valence-corrected chi connectivity index (χ4v) is 5.12. The van der Waals surface area contributed by atoms with E-state index in [1.54, 1.807) is 0 Å². The van der Waals surface area contributed by atoms with Gasteiger partial charge in [-0.05, 0) is 63.1 Å². The van der Waals surface area contributed by atoms with Gasteiger partial charge in [-0.2, -0.15) is 0 Å². The fourth-order valence-electron chi connectivity index (χ4n) is 5.12. The van der Waals surface area contributed by atoms with Crippen LogP contribution in [0.2, 0.25) is 0 Å². The van der Waals surface area contributed by atoms with E-state index in [9.17, 15) is 9.59 Å². The topological polar surface area (TPSA) is 62.3 Å². The Morgan fingerprint density at radius 1 is 1.00 bits per heavy atom. The minimum Gasteiger partial charge on any atom is -0.352 e. The molecule has 2 fully saturated rings. The number of aryl methyl sites for hydroxylation is 2. The number of aromatic nitrogens is 1. The number of carbonyl (C=O) groups is 2. The maximum absolute atomic E-state index is 13.0. The molecular weight excluding hydrogens is 398 g/mol. The van der Waals surface area contributed by atoms with Crippen molar-refractivity contribution in [3.63, 3.8) is 0 Å². The molecule has 2 amide bonds. The van der Waals surface area contributed by atoms with E-state index >= 15 is 0 Å². The summed E-state index contributed by atoms with van der Waals surface area (Å²) >= 11 is 0. The lowest BCUT2D eigenvalue weighted by molar-refractivity contribution is -0.136. The Hall–Kier alpha value is -2.69. The molecule has 0 bridgehead atoms. The van der Waals surface area contributed by atoms with Gasteiger partial charge >= 0.3 is 0 Å². The molecule has 0 atom stereocenters. The average Bonchev–Trinajstić information content (AvgIpc) is 3.37. The molecule has 0 radical (unpaired) electrons. The van der Waals surface area contributed by atoms with E-state index in [0.717, 1.165) is 63.0 Å². The molecule has 2 heterocycles. The number of rotatable bonds is 7. The summed E-state index contributed by atoms with van der Waals surface area (Å²) in [6.45, 7) is 4.17. The first-order valence-electron chi connectivity index (χ1n) is 12.2. The second-order valence-electron chi connectivity index (χ2n) is 9.31. The molecule has 1 N–H and O–H groups in total. The number of nitrogens with zero attached hydrogens (tertiary/aromatic N) is 2.